The SMILES string of the molecule is CCCCCC1(CCCCC)OC2C3CC4(C(=O)NCCO)C(ON(Cc5ccc(C=CC(=O)OCC(F)(F)F)cc5)C4C(=O)O3)C2O1. The minimum absolute atomic E-state index is 0.00188. The van der Waals surface area contributed by atoms with Gasteiger partial charge < -0.3 is 29.4 Å². The van der Waals surface area contributed by atoms with E-state index in [1.807, 2.05) is 0 Å². The maximum atomic E-state index is 14.0. The number of aliphatic hydroxyl groups is 1. The molecule has 0 aromatic heterocycles. The van der Waals surface area contributed by atoms with Crippen LogP contribution in [0.4, 0.5) is 13.2 Å². The van der Waals surface area contributed by atoms with Crippen LogP contribution in [0.1, 0.15) is 82.8 Å². The maximum absolute atomic E-state index is 14.0. The molecule has 3 heterocycles. The third-order valence-electron chi connectivity index (χ3n) is 9.50. The third-order valence-corrected chi connectivity index (χ3v) is 9.50. The Kier molecular flexibility index (Phi) is 11.5. The number of carbonyl (C=O) groups excluding carboxylic acids is 3. The van der Waals surface area contributed by atoms with Gasteiger partial charge in [0.15, 0.2) is 18.4 Å². The predicted molar refractivity (Wildman–Crippen MR) is 164 cm³/mol. The number of fused-ring (bicyclic) bond motifs is 4. The Labute approximate surface area is 278 Å². The van der Waals surface area contributed by atoms with Crippen molar-refractivity contribution in [1.82, 2.24) is 10.4 Å². The molecule has 0 spiro atoms. The summed E-state index contributed by atoms with van der Waals surface area (Å²) in [5, 5.41) is 13.7. The Morgan fingerprint density at radius 2 is 1.73 bits per heavy atom. The Morgan fingerprint density at radius 1 is 1.06 bits per heavy atom. The number of amides is 1. The molecule has 0 radical (unpaired) electrons. The zero-order valence-corrected chi connectivity index (χ0v) is 27.3. The molecule has 2 N–H and O–H groups in total. The van der Waals surface area contributed by atoms with Gasteiger partial charge in [0.1, 0.15) is 29.8 Å². The van der Waals surface area contributed by atoms with Crippen LogP contribution in [0, 0.1) is 5.41 Å². The normalized spacial score (nSPS) is 29.1. The molecular formula is C34H45F3N2O9. The van der Waals surface area contributed by atoms with E-state index in [-0.39, 0.29) is 26.1 Å². The number of benzene rings is 1. The molecule has 1 amide bonds. The molecule has 11 nitrogen and oxygen atoms in total. The summed E-state index contributed by atoms with van der Waals surface area (Å²) < 4.78 is 60.6. The zero-order valence-electron chi connectivity index (χ0n) is 27.3. The summed E-state index contributed by atoms with van der Waals surface area (Å²) in [7, 11) is 0. The highest BCUT2D eigenvalue weighted by Gasteiger charge is 2.76. The van der Waals surface area contributed by atoms with E-state index in [0.717, 1.165) is 44.6 Å². The number of halogens is 3. The number of rotatable bonds is 16. The quantitative estimate of drug-likeness (QED) is 0.147. The van der Waals surface area contributed by atoms with Gasteiger partial charge in [-0.3, -0.25) is 14.4 Å². The van der Waals surface area contributed by atoms with Crippen molar-refractivity contribution >= 4 is 23.9 Å². The molecule has 266 valence electrons. The Morgan fingerprint density at radius 3 is 2.35 bits per heavy atom. The number of alkyl halides is 3. The topological polar surface area (TPSA) is 133 Å². The average Bonchev–Trinajstić information content (AvgIpc) is 3.60. The first-order chi connectivity index (χ1) is 22.9. The lowest BCUT2D eigenvalue weighted by Crippen LogP contribution is -2.69. The number of unbranched alkanes of at least 4 members (excludes halogenated alkanes) is 4. The summed E-state index contributed by atoms with van der Waals surface area (Å²) in [6.07, 6.45) is 2.12. The molecule has 3 saturated heterocycles. The van der Waals surface area contributed by atoms with Crippen LogP contribution in [0.5, 0.6) is 0 Å². The smallest absolute Gasteiger partial charge is 0.422 e. The first kappa shape index (κ1) is 36.2. The van der Waals surface area contributed by atoms with Gasteiger partial charge in [0.25, 0.3) is 0 Å². The molecular weight excluding hydrogens is 637 g/mol. The monoisotopic (exact) mass is 682 g/mol. The number of hydrogen-bond donors (Lipinski definition) is 2. The number of hydroxylamine groups is 2. The average molecular weight is 683 g/mol. The van der Waals surface area contributed by atoms with Crippen LogP contribution in [-0.2, 0) is 44.7 Å². The third kappa shape index (κ3) is 7.72. The standard InChI is InChI=1S/C34H45F3N2O9/c1-3-5-7-15-32(16-8-6-4-2)46-26-24-19-33(31(43)38-17-18-40)28(30(42)45-24)39(48-29(33)27(26)47-32)20-23-11-9-22(10-12-23)13-14-25(41)44-21-34(35,36)37/h9-14,24,26-29,40H,3-8,15-21H2,1-2H3,(H,38,43). The first-order valence-electron chi connectivity index (χ1n) is 16.8. The van der Waals surface area contributed by atoms with Gasteiger partial charge in [-0.15, -0.1) is 0 Å². The molecule has 4 fully saturated rings. The van der Waals surface area contributed by atoms with E-state index in [4.69, 9.17) is 19.0 Å². The van der Waals surface area contributed by atoms with Crippen LogP contribution in [0.25, 0.3) is 6.08 Å². The van der Waals surface area contributed by atoms with Crippen molar-refractivity contribution in [2.45, 2.75) is 121 Å². The van der Waals surface area contributed by atoms with Gasteiger partial charge in [-0.2, -0.15) is 18.2 Å². The second-order valence-electron chi connectivity index (χ2n) is 13.0. The van der Waals surface area contributed by atoms with E-state index in [0.29, 0.717) is 24.0 Å². The number of nitrogens with zero attached hydrogens (tertiary/aromatic N) is 1. The zero-order chi connectivity index (χ0) is 34.5. The minimum Gasteiger partial charge on any atom is -0.458 e. The van der Waals surface area contributed by atoms with Crippen LogP contribution in [-0.4, -0.2) is 90.2 Å². The van der Waals surface area contributed by atoms with Crippen molar-refractivity contribution in [3.8, 4) is 0 Å². The van der Waals surface area contributed by atoms with E-state index >= 15 is 0 Å². The van der Waals surface area contributed by atoms with Gasteiger partial charge in [0, 0.05) is 31.9 Å². The predicted octanol–water partition coefficient (Wildman–Crippen LogP) is 4.35. The summed E-state index contributed by atoms with van der Waals surface area (Å²) in [6, 6.07) is 5.63. The highest BCUT2D eigenvalue weighted by atomic mass is 19.4. The van der Waals surface area contributed by atoms with Crippen LogP contribution in [0.3, 0.4) is 0 Å². The number of ether oxygens (including phenoxy) is 4. The van der Waals surface area contributed by atoms with Crippen molar-refractivity contribution in [3.05, 3.63) is 41.5 Å². The highest BCUT2D eigenvalue weighted by molar-refractivity contribution is 5.93. The van der Waals surface area contributed by atoms with Crippen molar-refractivity contribution in [3.63, 3.8) is 0 Å². The van der Waals surface area contributed by atoms with E-state index in [1.54, 1.807) is 24.3 Å². The van der Waals surface area contributed by atoms with Gasteiger partial charge in [0.2, 0.25) is 5.91 Å². The molecule has 5 rings (SSSR count). The summed E-state index contributed by atoms with van der Waals surface area (Å²) in [5.74, 6) is -3.05. The molecule has 3 aliphatic heterocycles. The Bertz CT molecular complexity index is 1310. The van der Waals surface area contributed by atoms with E-state index in [9.17, 15) is 32.7 Å². The van der Waals surface area contributed by atoms with Crippen molar-refractivity contribution < 1.29 is 56.4 Å². The summed E-state index contributed by atoms with van der Waals surface area (Å²) >= 11 is 0. The number of carbonyl (C=O) groups is 3. The van der Waals surface area contributed by atoms with Crippen molar-refractivity contribution in [1.29, 1.82) is 0 Å². The lowest BCUT2D eigenvalue weighted by molar-refractivity contribution is -0.224. The summed E-state index contributed by atoms with van der Waals surface area (Å²) in [5.41, 5.74) is -0.137. The van der Waals surface area contributed by atoms with E-state index in [2.05, 4.69) is 23.9 Å². The molecule has 4 aliphatic rings. The lowest BCUT2D eigenvalue weighted by atomic mass is 9.62. The van der Waals surface area contributed by atoms with Gasteiger partial charge in [-0.25, -0.2) is 4.79 Å². The molecule has 6 atom stereocenters. The Balaban J connectivity index is 1.38. The second-order valence-corrected chi connectivity index (χ2v) is 13.0. The van der Waals surface area contributed by atoms with Crippen molar-refractivity contribution in [2.75, 3.05) is 19.8 Å². The summed E-state index contributed by atoms with van der Waals surface area (Å²) in [6.45, 7) is 2.39. The fourth-order valence-electron chi connectivity index (χ4n) is 7.31. The van der Waals surface area contributed by atoms with Crippen LogP contribution >= 0.6 is 0 Å². The molecule has 2 bridgehead atoms. The van der Waals surface area contributed by atoms with Gasteiger partial charge in [-0.1, -0.05) is 63.8 Å². The number of hydrogen-bond acceptors (Lipinski definition) is 10. The van der Waals surface area contributed by atoms with Gasteiger partial charge >= 0.3 is 18.1 Å². The molecule has 1 aromatic carbocycles. The molecule has 48 heavy (non-hydrogen) atoms. The largest absolute Gasteiger partial charge is 0.458 e. The molecule has 14 heteroatoms. The molecule has 1 aliphatic carbocycles. The second kappa shape index (κ2) is 15.2. The fourth-order valence-corrected chi connectivity index (χ4v) is 7.31. The van der Waals surface area contributed by atoms with E-state index in [1.165, 1.54) is 11.1 Å². The lowest BCUT2D eigenvalue weighted by Gasteiger charge is -2.48. The summed E-state index contributed by atoms with van der Waals surface area (Å²) in [4.78, 5) is 45.9. The maximum Gasteiger partial charge on any atom is 0.422 e. The van der Waals surface area contributed by atoms with E-state index < -0.39 is 72.3 Å². The molecule has 6 unspecified atom stereocenters. The number of nitrogens with one attached hydrogen (secondary N) is 1. The minimum atomic E-state index is -4.62. The Hall–Kier alpha value is -3.04. The first-order valence-corrected chi connectivity index (χ1v) is 16.8. The van der Waals surface area contributed by atoms with Crippen LogP contribution in [0.2, 0.25) is 0 Å². The molecule has 1 aromatic rings. The highest BCUT2D eigenvalue weighted by Crippen LogP contribution is 2.58. The molecule has 1 saturated carbocycles. The number of esters is 2. The fraction of sp³-hybridized carbons (Fsp3) is 0.676. The van der Waals surface area contributed by atoms with Crippen LogP contribution in [0.15, 0.2) is 30.3 Å². The van der Waals surface area contributed by atoms with Gasteiger partial charge in [0.05, 0.1) is 13.2 Å². The van der Waals surface area contributed by atoms with Crippen molar-refractivity contribution in [2.24, 2.45) is 5.41 Å². The number of aliphatic hydroxyl groups excluding tert-OH is 1. The van der Waals surface area contributed by atoms with Gasteiger partial charge in [-0.05, 0) is 30.0 Å². The van der Waals surface area contributed by atoms with Crippen LogP contribution < -0.4 is 5.32 Å².